The Bertz CT molecular complexity index is 693. The van der Waals surface area contributed by atoms with Gasteiger partial charge in [0.1, 0.15) is 12.1 Å². The molecular weight excluding hydrogens is 360 g/mol. The Morgan fingerprint density at radius 2 is 1.69 bits per heavy atom. The van der Waals surface area contributed by atoms with Gasteiger partial charge in [-0.15, -0.1) is 0 Å². The van der Waals surface area contributed by atoms with Gasteiger partial charge in [0, 0.05) is 26.2 Å². The first-order valence-electron chi connectivity index (χ1n) is 9.19. The zero-order chi connectivity index (χ0) is 18.9. The van der Waals surface area contributed by atoms with Gasteiger partial charge in [-0.2, -0.15) is 4.31 Å². The first-order valence-corrected chi connectivity index (χ1v) is 10.8. The van der Waals surface area contributed by atoms with E-state index >= 15 is 0 Å². The van der Waals surface area contributed by atoms with E-state index in [1.165, 1.54) is 9.21 Å². The molecule has 1 N–H and O–H groups in total. The van der Waals surface area contributed by atoms with Crippen molar-refractivity contribution in [2.75, 3.05) is 38.5 Å². The maximum atomic E-state index is 12.7. The molecule has 3 rings (SSSR count). The number of rotatable bonds is 4. The van der Waals surface area contributed by atoms with Crippen molar-refractivity contribution in [2.45, 2.75) is 44.6 Å². The molecule has 0 unspecified atom stereocenters. The molecule has 0 aromatic carbocycles. The predicted octanol–water partition coefficient (Wildman–Crippen LogP) is -0.265. The fraction of sp³-hybridized carbons (Fsp3) is 0.812. The van der Waals surface area contributed by atoms with E-state index in [1.54, 1.807) is 6.92 Å². The van der Waals surface area contributed by atoms with Crippen molar-refractivity contribution >= 4 is 27.9 Å². The summed E-state index contributed by atoms with van der Waals surface area (Å²) in [5.41, 5.74) is -0.830. The molecule has 0 aromatic heterocycles. The van der Waals surface area contributed by atoms with Crippen molar-refractivity contribution in [3.8, 4) is 0 Å². The van der Waals surface area contributed by atoms with Crippen LogP contribution in [0.25, 0.3) is 0 Å². The van der Waals surface area contributed by atoms with Gasteiger partial charge in [-0.3, -0.25) is 14.5 Å². The molecule has 10 heteroatoms. The zero-order valence-electron chi connectivity index (χ0n) is 15.1. The van der Waals surface area contributed by atoms with Crippen LogP contribution in [0.3, 0.4) is 0 Å². The molecular formula is C16H26N4O5S. The molecule has 1 aliphatic carbocycles. The number of carbonyl (C=O) groups excluding carboxylic acids is 3. The zero-order valence-corrected chi connectivity index (χ0v) is 15.9. The van der Waals surface area contributed by atoms with Gasteiger partial charge in [0.2, 0.25) is 15.9 Å². The van der Waals surface area contributed by atoms with E-state index in [-0.39, 0.29) is 50.3 Å². The Balaban J connectivity index is 1.59. The fourth-order valence-corrected chi connectivity index (χ4v) is 5.03. The highest BCUT2D eigenvalue weighted by Gasteiger charge is 2.51. The average molecular weight is 386 g/mol. The van der Waals surface area contributed by atoms with Gasteiger partial charge < -0.3 is 10.2 Å². The maximum Gasteiger partial charge on any atom is 0.325 e. The number of hydrogen-bond acceptors (Lipinski definition) is 5. The summed E-state index contributed by atoms with van der Waals surface area (Å²) in [5, 5.41) is 2.79. The van der Waals surface area contributed by atoms with Crippen LogP contribution in [0.15, 0.2) is 0 Å². The molecule has 0 aromatic rings. The minimum absolute atomic E-state index is 0.0332. The lowest BCUT2D eigenvalue weighted by atomic mass is 9.82. The quantitative estimate of drug-likeness (QED) is 0.670. The monoisotopic (exact) mass is 386 g/mol. The van der Waals surface area contributed by atoms with Crippen LogP contribution in [0.4, 0.5) is 4.79 Å². The van der Waals surface area contributed by atoms with Gasteiger partial charge in [-0.1, -0.05) is 19.3 Å². The van der Waals surface area contributed by atoms with E-state index < -0.39 is 21.6 Å². The number of amides is 4. The summed E-state index contributed by atoms with van der Waals surface area (Å²) in [6.07, 6.45) is 4.07. The van der Waals surface area contributed by atoms with E-state index in [1.807, 2.05) is 0 Å². The summed E-state index contributed by atoms with van der Waals surface area (Å²) in [7, 11) is -3.26. The second-order valence-corrected chi connectivity index (χ2v) is 9.40. The lowest BCUT2D eigenvalue weighted by molar-refractivity contribution is -0.140. The standard InChI is InChI=1S/C16H26N4O5S/c1-2-26(24,25)19-10-8-18(9-11-19)13(21)12-20-14(22)16(17-15(20)23)6-4-3-5-7-16/h2-12H2,1H3,(H,17,23). The predicted molar refractivity (Wildman–Crippen MR) is 93.7 cm³/mol. The smallest absolute Gasteiger partial charge is 0.325 e. The Kier molecular flexibility index (Phi) is 5.25. The fourth-order valence-electron chi connectivity index (χ4n) is 3.95. The molecule has 2 heterocycles. The maximum absolute atomic E-state index is 12.7. The van der Waals surface area contributed by atoms with Crippen molar-refractivity contribution in [3.05, 3.63) is 0 Å². The van der Waals surface area contributed by atoms with Crippen LogP contribution < -0.4 is 5.32 Å². The highest BCUT2D eigenvalue weighted by atomic mass is 32.2. The van der Waals surface area contributed by atoms with Gasteiger partial charge >= 0.3 is 6.03 Å². The highest BCUT2D eigenvalue weighted by Crippen LogP contribution is 2.33. The van der Waals surface area contributed by atoms with E-state index in [4.69, 9.17) is 0 Å². The minimum Gasteiger partial charge on any atom is -0.338 e. The van der Waals surface area contributed by atoms with E-state index in [0.717, 1.165) is 24.2 Å². The summed E-state index contributed by atoms with van der Waals surface area (Å²) in [6.45, 7) is 2.33. The van der Waals surface area contributed by atoms with Crippen LogP contribution in [0, 0.1) is 0 Å². The van der Waals surface area contributed by atoms with Crippen molar-refractivity contribution in [1.82, 2.24) is 19.4 Å². The number of piperazine rings is 1. The molecule has 146 valence electrons. The summed E-state index contributed by atoms with van der Waals surface area (Å²) in [6, 6.07) is -0.502. The van der Waals surface area contributed by atoms with Crippen LogP contribution in [0.2, 0.25) is 0 Å². The number of nitrogens with one attached hydrogen (secondary N) is 1. The molecule has 2 saturated heterocycles. The number of nitrogens with zero attached hydrogens (tertiary/aromatic N) is 3. The Hall–Kier alpha value is -1.68. The molecule has 0 bridgehead atoms. The third-order valence-electron chi connectivity index (χ3n) is 5.60. The number of sulfonamides is 1. The first-order chi connectivity index (χ1) is 12.3. The van der Waals surface area contributed by atoms with Gasteiger partial charge in [-0.05, 0) is 19.8 Å². The Morgan fingerprint density at radius 1 is 1.08 bits per heavy atom. The van der Waals surface area contributed by atoms with Crippen molar-refractivity contribution in [1.29, 1.82) is 0 Å². The van der Waals surface area contributed by atoms with Crippen molar-refractivity contribution in [3.63, 3.8) is 0 Å². The van der Waals surface area contributed by atoms with Gasteiger partial charge in [0.05, 0.1) is 5.75 Å². The Morgan fingerprint density at radius 3 is 2.27 bits per heavy atom. The van der Waals surface area contributed by atoms with Crippen molar-refractivity contribution < 1.29 is 22.8 Å². The second kappa shape index (κ2) is 7.15. The lowest BCUT2D eigenvalue weighted by Gasteiger charge is -2.34. The number of imide groups is 1. The number of hydrogen-bond donors (Lipinski definition) is 1. The van der Waals surface area contributed by atoms with Crippen LogP contribution in [0.5, 0.6) is 0 Å². The topological polar surface area (TPSA) is 107 Å². The molecule has 2 aliphatic heterocycles. The summed E-state index contributed by atoms with van der Waals surface area (Å²) in [5.74, 6) is -0.594. The van der Waals surface area contributed by atoms with Crippen LogP contribution in [-0.4, -0.2) is 84.4 Å². The highest BCUT2D eigenvalue weighted by molar-refractivity contribution is 7.89. The summed E-state index contributed by atoms with van der Waals surface area (Å²) < 4.78 is 25.1. The molecule has 4 amide bonds. The molecule has 1 saturated carbocycles. The Labute approximate surface area is 153 Å². The van der Waals surface area contributed by atoms with Crippen LogP contribution in [-0.2, 0) is 19.6 Å². The molecule has 3 aliphatic rings. The van der Waals surface area contributed by atoms with E-state index in [0.29, 0.717) is 12.8 Å². The lowest BCUT2D eigenvalue weighted by Crippen LogP contribution is -2.53. The number of carbonyl (C=O) groups is 3. The third-order valence-corrected chi connectivity index (χ3v) is 7.48. The van der Waals surface area contributed by atoms with Gasteiger partial charge in [0.25, 0.3) is 5.91 Å². The SMILES string of the molecule is CCS(=O)(=O)N1CCN(C(=O)CN2C(=O)NC3(CCCCC3)C2=O)CC1. The molecule has 9 nitrogen and oxygen atoms in total. The third kappa shape index (κ3) is 3.44. The molecule has 1 spiro atoms. The van der Waals surface area contributed by atoms with Crippen molar-refractivity contribution in [2.24, 2.45) is 0 Å². The van der Waals surface area contributed by atoms with E-state index in [9.17, 15) is 22.8 Å². The number of urea groups is 1. The van der Waals surface area contributed by atoms with Gasteiger partial charge in [-0.25, -0.2) is 13.2 Å². The first kappa shape index (κ1) is 19.1. The van der Waals surface area contributed by atoms with Crippen LogP contribution in [0.1, 0.15) is 39.0 Å². The molecule has 26 heavy (non-hydrogen) atoms. The molecule has 3 fully saturated rings. The normalized spacial score (nSPS) is 24.2. The van der Waals surface area contributed by atoms with E-state index in [2.05, 4.69) is 5.32 Å². The second-order valence-electron chi connectivity index (χ2n) is 7.14. The summed E-state index contributed by atoms with van der Waals surface area (Å²) >= 11 is 0. The average Bonchev–Trinajstić information content (AvgIpc) is 2.86. The summed E-state index contributed by atoms with van der Waals surface area (Å²) in [4.78, 5) is 40.0. The van der Waals surface area contributed by atoms with Gasteiger partial charge in [0.15, 0.2) is 0 Å². The molecule has 0 radical (unpaired) electrons. The molecule has 0 atom stereocenters. The van der Waals surface area contributed by atoms with Crippen LogP contribution >= 0.6 is 0 Å². The minimum atomic E-state index is -3.26. The largest absolute Gasteiger partial charge is 0.338 e.